The molecule has 0 amide bonds. The molecule has 0 atom stereocenters. The molecular formula is C7H10N2OS. The van der Waals surface area contributed by atoms with E-state index in [4.69, 9.17) is 12.2 Å². The molecule has 0 bridgehead atoms. The molecule has 0 aromatic carbocycles. The third-order valence-electron chi connectivity index (χ3n) is 1.41. The molecule has 0 unspecified atom stereocenters. The predicted octanol–water partition coefficient (Wildman–Crippen LogP) is 1.49. The minimum Gasteiger partial charge on any atom is -0.323 e. The van der Waals surface area contributed by atoms with Crippen molar-refractivity contribution in [1.29, 1.82) is 0 Å². The highest BCUT2D eigenvalue weighted by molar-refractivity contribution is 7.71. The fourth-order valence-electron chi connectivity index (χ4n) is 0.834. The molecular weight excluding hydrogens is 160 g/mol. The van der Waals surface area contributed by atoms with Crippen molar-refractivity contribution >= 4 is 12.2 Å². The zero-order chi connectivity index (χ0) is 8.43. The number of nitrogens with zero attached hydrogens (tertiary/aromatic N) is 1. The van der Waals surface area contributed by atoms with Gasteiger partial charge in [-0.3, -0.25) is 9.78 Å². The smallest absolute Gasteiger partial charge is 0.251 e. The average Bonchev–Trinajstić information content (AvgIpc) is 1.85. The second-order valence-corrected chi connectivity index (χ2v) is 3.00. The van der Waals surface area contributed by atoms with Gasteiger partial charge in [0.1, 0.15) is 0 Å². The fraction of sp³-hybridized carbons (Fsp3) is 0.429. The van der Waals surface area contributed by atoms with Crippen LogP contribution in [0.25, 0.3) is 0 Å². The second-order valence-electron chi connectivity index (χ2n) is 2.61. The van der Waals surface area contributed by atoms with Gasteiger partial charge < -0.3 is 4.57 Å². The topological polar surface area (TPSA) is 37.8 Å². The van der Waals surface area contributed by atoms with Gasteiger partial charge in [0, 0.05) is 18.3 Å². The summed E-state index contributed by atoms with van der Waals surface area (Å²) in [6, 6.07) is 1.76. The van der Waals surface area contributed by atoms with Crippen molar-refractivity contribution < 1.29 is 0 Å². The van der Waals surface area contributed by atoms with Crippen LogP contribution in [0, 0.1) is 4.77 Å². The molecule has 1 N–H and O–H groups in total. The maximum Gasteiger partial charge on any atom is 0.251 e. The molecule has 1 rings (SSSR count). The van der Waals surface area contributed by atoms with E-state index in [0.29, 0.717) is 10.8 Å². The first-order valence-electron chi connectivity index (χ1n) is 3.42. The standard InChI is InChI=1S/C7H10N2OS/c1-5(2)9-4-3-6(10)8-7(9)11/h3-5H,1-2H3,(H,8,10,11). The minimum absolute atomic E-state index is 0.146. The van der Waals surface area contributed by atoms with Crippen LogP contribution in [0.15, 0.2) is 17.1 Å². The molecule has 0 spiro atoms. The van der Waals surface area contributed by atoms with E-state index in [9.17, 15) is 4.79 Å². The van der Waals surface area contributed by atoms with Crippen LogP contribution in [0.5, 0.6) is 0 Å². The molecule has 3 nitrogen and oxygen atoms in total. The monoisotopic (exact) mass is 170 g/mol. The molecule has 0 fully saturated rings. The van der Waals surface area contributed by atoms with Gasteiger partial charge >= 0.3 is 0 Å². The Bertz CT molecular complexity index is 350. The van der Waals surface area contributed by atoms with Crippen molar-refractivity contribution in [2.24, 2.45) is 0 Å². The number of rotatable bonds is 1. The van der Waals surface area contributed by atoms with Crippen molar-refractivity contribution in [3.8, 4) is 0 Å². The predicted molar refractivity (Wildman–Crippen MR) is 46.3 cm³/mol. The van der Waals surface area contributed by atoms with Gasteiger partial charge in [-0.1, -0.05) is 0 Å². The molecule has 4 heteroatoms. The highest BCUT2D eigenvalue weighted by Crippen LogP contribution is 2.00. The SMILES string of the molecule is CC(C)n1ccc(=O)[nH]c1=S. The number of hydrogen-bond acceptors (Lipinski definition) is 2. The summed E-state index contributed by atoms with van der Waals surface area (Å²) in [7, 11) is 0. The van der Waals surface area contributed by atoms with Gasteiger partial charge in [0.2, 0.25) is 0 Å². The average molecular weight is 170 g/mol. The normalized spacial score (nSPS) is 10.5. The number of hydrogen-bond donors (Lipinski definition) is 1. The number of nitrogens with one attached hydrogen (secondary N) is 1. The highest BCUT2D eigenvalue weighted by Gasteiger charge is 1.95. The lowest BCUT2D eigenvalue weighted by atomic mass is 10.4. The first kappa shape index (κ1) is 8.20. The second kappa shape index (κ2) is 3.00. The molecule has 0 saturated heterocycles. The summed E-state index contributed by atoms with van der Waals surface area (Å²) in [5.41, 5.74) is -0.146. The van der Waals surface area contributed by atoms with Gasteiger partial charge in [-0.05, 0) is 26.1 Å². The Hall–Kier alpha value is -0.900. The van der Waals surface area contributed by atoms with Crippen molar-refractivity contribution in [1.82, 2.24) is 9.55 Å². The van der Waals surface area contributed by atoms with Crippen LogP contribution >= 0.6 is 12.2 Å². The highest BCUT2D eigenvalue weighted by atomic mass is 32.1. The first-order chi connectivity index (χ1) is 5.11. The van der Waals surface area contributed by atoms with Crippen LogP contribution < -0.4 is 5.56 Å². The molecule has 60 valence electrons. The fourth-order valence-corrected chi connectivity index (χ4v) is 1.21. The molecule has 0 aliphatic heterocycles. The van der Waals surface area contributed by atoms with Gasteiger partial charge in [0.25, 0.3) is 5.56 Å². The zero-order valence-corrected chi connectivity index (χ0v) is 7.31. The molecule has 11 heavy (non-hydrogen) atoms. The van der Waals surface area contributed by atoms with Crippen molar-refractivity contribution in [2.75, 3.05) is 0 Å². The summed E-state index contributed by atoms with van der Waals surface area (Å²) in [4.78, 5) is 13.3. The van der Waals surface area contributed by atoms with Crippen LogP contribution in [-0.2, 0) is 0 Å². The van der Waals surface area contributed by atoms with Crippen LogP contribution in [0.1, 0.15) is 19.9 Å². The Balaban J connectivity index is 3.32. The largest absolute Gasteiger partial charge is 0.323 e. The van der Waals surface area contributed by atoms with E-state index in [1.807, 2.05) is 18.4 Å². The van der Waals surface area contributed by atoms with Gasteiger partial charge in [-0.2, -0.15) is 0 Å². The summed E-state index contributed by atoms with van der Waals surface area (Å²) >= 11 is 4.92. The molecule has 1 aromatic heterocycles. The number of H-pyrrole nitrogens is 1. The van der Waals surface area contributed by atoms with Gasteiger partial charge in [0.05, 0.1) is 0 Å². The summed E-state index contributed by atoms with van der Waals surface area (Å²) in [6.07, 6.45) is 1.70. The Labute approximate surface area is 69.7 Å². The maximum absolute atomic E-state index is 10.7. The Morgan fingerprint density at radius 1 is 1.64 bits per heavy atom. The molecule has 0 aliphatic rings. The van der Waals surface area contributed by atoms with Crippen molar-refractivity contribution in [2.45, 2.75) is 19.9 Å². The molecule has 0 radical (unpaired) electrons. The molecule has 0 aliphatic carbocycles. The van der Waals surface area contributed by atoms with Gasteiger partial charge in [-0.15, -0.1) is 0 Å². The van der Waals surface area contributed by atoms with E-state index < -0.39 is 0 Å². The lowest BCUT2D eigenvalue weighted by Crippen LogP contribution is -2.12. The third-order valence-corrected chi connectivity index (χ3v) is 1.72. The van der Waals surface area contributed by atoms with Crippen LogP contribution in [0.3, 0.4) is 0 Å². The third kappa shape index (κ3) is 1.77. The van der Waals surface area contributed by atoms with Crippen molar-refractivity contribution in [3.05, 3.63) is 27.4 Å². The lowest BCUT2D eigenvalue weighted by Gasteiger charge is -2.08. The Morgan fingerprint density at radius 3 is 2.73 bits per heavy atom. The summed E-state index contributed by atoms with van der Waals surface area (Å²) in [6.45, 7) is 4.02. The summed E-state index contributed by atoms with van der Waals surface area (Å²) in [5.74, 6) is 0. The molecule has 0 saturated carbocycles. The van der Waals surface area contributed by atoms with Crippen LogP contribution in [0.4, 0.5) is 0 Å². The van der Waals surface area contributed by atoms with Gasteiger partial charge in [-0.25, -0.2) is 0 Å². The van der Waals surface area contributed by atoms with E-state index in [1.165, 1.54) is 6.07 Å². The van der Waals surface area contributed by atoms with E-state index in [0.717, 1.165) is 0 Å². The minimum atomic E-state index is -0.146. The molecule has 1 heterocycles. The Morgan fingerprint density at radius 2 is 2.27 bits per heavy atom. The summed E-state index contributed by atoms with van der Waals surface area (Å²) < 4.78 is 2.31. The Kier molecular flexibility index (Phi) is 2.24. The summed E-state index contributed by atoms with van der Waals surface area (Å²) in [5, 5.41) is 0. The number of aromatic nitrogens is 2. The quantitative estimate of drug-likeness (QED) is 0.648. The molecule has 1 aromatic rings. The van der Waals surface area contributed by atoms with Crippen LogP contribution in [-0.4, -0.2) is 9.55 Å². The zero-order valence-electron chi connectivity index (χ0n) is 6.50. The van der Waals surface area contributed by atoms with Gasteiger partial charge in [0.15, 0.2) is 4.77 Å². The maximum atomic E-state index is 10.7. The lowest BCUT2D eigenvalue weighted by molar-refractivity contribution is 0.575. The van der Waals surface area contributed by atoms with Crippen LogP contribution in [0.2, 0.25) is 0 Å². The van der Waals surface area contributed by atoms with E-state index in [-0.39, 0.29) is 5.56 Å². The number of aromatic amines is 1. The first-order valence-corrected chi connectivity index (χ1v) is 3.83. The van der Waals surface area contributed by atoms with E-state index in [1.54, 1.807) is 6.20 Å². The van der Waals surface area contributed by atoms with E-state index in [2.05, 4.69) is 4.98 Å². The van der Waals surface area contributed by atoms with Crippen molar-refractivity contribution in [3.63, 3.8) is 0 Å². The van der Waals surface area contributed by atoms with E-state index >= 15 is 0 Å².